The smallest absolute Gasteiger partial charge is 0.269 e. The Hall–Kier alpha value is -2.77. The summed E-state index contributed by atoms with van der Waals surface area (Å²) >= 11 is 0. The zero-order valence-electron chi connectivity index (χ0n) is 14.8. The van der Waals surface area contributed by atoms with Gasteiger partial charge < -0.3 is 9.84 Å². The van der Waals surface area contributed by atoms with E-state index in [-0.39, 0.29) is 29.5 Å². The van der Waals surface area contributed by atoms with E-state index in [0.29, 0.717) is 17.3 Å². The van der Waals surface area contributed by atoms with Crippen molar-refractivity contribution in [3.05, 3.63) is 40.3 Å². The molecule has 138 valence electrons. The first kappa shape index (κ1) is 18.0. The van der Waals surface area contributed by atoms with E-state index in [9.17, 15) is 14.9 Å². The number of nitro benzene ring substituents is 1. The van der Waals surface area contributed by atoms with Gasteiger partial charge in [-0.05, 0) is 30.9 Å². The molecule has 1 amide bonds. The lowest BCUT2D eigenvalue weighted by Gasteiger charge is -2.20. The molecular formula is C18H22N4O4. The number of carbonyl (C=O) groups excluding carboxylic acids is 1. The van der Waals surface area contributed by atoms with Gasteiger partial charge in [-0.1, -0.05) is 31.8 Å². The normalized spacial score (nSPS) is 16.0. The molecule has 1 aliphatic carbocycles. The summed E-state index contributed by atoms with van der Waals surface area (Å²) in [6, 6.07) is 5.59. The second-order valence-electron chi connectivity index (χ2n) is 6.97. The highest BCUT2D eigenvalue weighted by molar-refractivity contribution is 5.79. The van der Waals surface area contributed by atoms with Crippen LogP contribution in [0.5, 0.6) is 0 Å². The number of hydrogen-bond donors (Lipinski definition) is 1. The van der Waals surface area contributed by atoms with Crippen LogP contribution in [0.4, 0.5) is 5.69 Å². The SMILES string of the molecule is CC(C)C(NC(=O)C1CCCC1)c1nc(-c2ccc([N+](=O)[O-])cc2)no1. The lowest BCUT2D eigenvalue weighted by molar-refractivity contribution is -0.384. The molecule has 0 bridgehead atoms. The quantitative estimate of drug-likeness (QED) is 0.623. The number of amides is 1. The minimum absolute atomic E-state index is 0.00125. The molecule has 1 saturated carbocycles. The number of nitro groups is 1. The average Bonchev–Trinajstić information content (AvgIpc) is 3.31. The van der Waals surface area contributed by atoms with Crippen molar-refractivity contribution in [2.45, 2.75) is 45.6 Å². The molecule has 8 heteroatoms. The number of carbonyl (C=O) groups is 1. The topological polar surface area (TPSA) is 111 Å². The summed E-state index contributed by atoms with van der Waals surface area (Å²) in [6.07, 6.45) is 4.04. The van der Waals surface area contributed by atoms with Crippen molar-refractivity contribution in [3.8, 4) is 11.4 Å². The molecule has 1 heterocycles. The summed E-state index contributed by atoms with van der Waals surface area (Å²) in [6.45, 7) is 3.96. The molecule has 0 spiro atoms. The van der Waals surface area contributed by atoms with Crippen LogP contribution in [0.3, 0.4) is 0 Å². The van der Waals surface area contributed by atoms with Crippen LogP contribution in [0.1, 0.15) is 51.5 Å². The molecule has 8 nitrogen and oxygen atoms in total. The Morgan fingerprint density at radius 3 is 2.50 bits per heavy atom. The van der Waals surface area contributed by atoms with Gasteiger partial charge in [0.25, 0.3) is 5.69 Å². The maximum Gasteiger partial charge on any atom is 0.269 e. The van der Waals surface area contributed by atoms with E-state index < -0.39 is 4.92 Å². The maximum absolute atomic E-state index is 12.4. The van der Waals surface area contributed by atoms with E-state index in [1.165, 1.54) is 12.1 Å². The first-order chi connectivity index (χ1) is 12.5. The summed E-state index contributed by atoms with van der Waals surface area (Å²) in [7, 11) is 0. The summed E-state index contributed by atoms with van der Waals surface area (Å²) in [5.41, 5.74) is 0.622. The van der Waals surface area contributed by atoms with Crippen molar-refractivity contribution >= 4 is 11.6 Å². The molecule has 0 aliphatic heterocycles. The Morgan fingerprint density at radius 2 is 1.92 bits per heavy atom. The van der Waals surface area contributed by atoms with Crippen molar-refractivity contribution in [2.24, 2.45) is 11.8 Å². The molecule has 1 unspecified atom stereocenters. The number of nitrogens with one attached hydrogen (secondary N) is 1. The van der Waals surface area contributed by atoms with Crippen molar-refractivity contribution < 1.29 is 14.2 Å². The molecule has 26 heavy (non-hydrogen) atoms. The largest absolute Gasteiger partial charge is 0.344 e. The van der Waals surface area contributed by atoms with Gasteiger partial charge in [-0.2, -0.15) is 4.98 Å². The van der Waals surface area contributed by atoms with E-state index in [1.54, 1.807) is 12.1 Å². The fourth-order valence-corrected chi connectivity index (χ4v) is 3.18. The highest BCUT2D eigenvalue weighted by Crippen LogP contribution is 2.28. The zero-order chi connectivity index (χ0) is 18.7. The third-order valence-electron chi connectivity index (χ3n) is 4.73. The monoisotopic (exact) mass is 358 g/mol. The minimum Gasteiger partial charge on any atom is -0.344 e. The van der Waals surface area contributed by atoms with Gasteiger partial charge >= 0.3 is 0 Å². The van der Waals surface area contributed by atoms with Crippen LogP contribution in [0.25, 0.3) is 11.4 Å². The lowest BCUT2D eigenvalue weighted by Crippen LogP contribution is -2.35. The van der Waals surface area contributed by atoms with Gasteiger partial charge in [0.2, 0.25) is 17.6 Å². The number of non-ortho nitro benzene ring substituents is 1. The third kappa shape index (κ3) is 3.89. The van der Waals surface area contributed by atoms with Crippen molar-refractivity contribution in [1.29, 1.82) is 0 Å². The molecule has 0 radical (unpaired) electrons. The van der Waals surface area contributed by atoms with Crippen LogP contribution < -0.4 is 5.32 Å². The van der Waals surface area contributed by atoms with E-state index in [2.05, 4.69) is 15.5 Å². The first-order valence-corrected chi connectivity index (χ1v) is 8.84. The van der Waals surface area contributed by atoms with Crippen LogP contribution >= 0.6 is 0 Å². The summed E-state index contributed by atoms with van der Waals surface area (Å²) < 4.78 is 5.37. The Labute approximate surface area is 151 Å². The first-order valence-electron chi connectivity index (χ1n) is 8.84. The Kier molecular flexibility index (Phi) is 5.29. The number of benzene rings is 1. The van der Waals surface area contributed by atoms with E-state index in [0.717, 1.165) is 25.7 Å². The van der Waals surface area contributed by atoms with Crippen LogP contribution in [-0.2, 0) is 4.79 Å². The molecule has 1 aromatic carbocycles. The third-order valence-corrected chi connectivity index (χ3v) is 4.73. The fourth-order valence-electron chi connectivity index (χ4n) is 3.18. The van der Waals surface area contributed by atoms with Gasteiger partial charge in [0.15, 0.2) is 0 Å². The van der Waals surface area contributed by atoms with E-state index in [4.69, 9.17) is 4.52 Å². The van der Waals surface area contributed by atoms with Crippen LogP contribution in [0, 0.1) is 22.0 Å². The molecule has 1 fully saturated rings. The number of rotatable bonds is 6. The Balaban J connectivity index is 1.76. The van der Waals surface area contributed by atoms with Gasteiger partial charge in [0, 0.05) is 23.6 Å². The molecule has 1 N–H and O–H groups in total. The standard InChI is InChI=1S/C18H22N4O4/c1-11(2)15(19-17(23)13-5-3-4-6-13)18-20-16(21-26-18)12-7-9-14(10-8-12)22(24)25/h7-11,13,15H,3-6H2,1-2H3,(H,19,23). The van der Waals surface area contributed by atoms with Crippen LogP contribution in [0.15, 0.2) is 28.8 Å². The van der Waals surface area contributed by atoms with Gasteiger partial charge in [0.1, 0.15) is 6.04 Å². The highest BCUT2D eigenvalue weighted by Gasteiger charge is 2.29. The minimum atomic E-state index is -0.460. The van der Waals surface area contributed by atoms with Gasteiger partial charge in [0.05, 0.1) is 4.92 Å². The predicted octanol–water partition coefficient (Wildman–Crippen LogP) is 3.65. The molecule has 0 saturated heterocycles. The zero-order valence-corrected chi connectivity index (χ0v) is 14.8. The van der Waals surface area contributed by atoms with E-state index >= 15 is 0 Å². The number of hydrogen-bond acceptors (Lipinski definition) is 6. The second kappa shape index (κ2) is 7.63. The maximum atomic E-state index is 12.4. The van der Waals surface area contributed by atoms with Gasteiger partial charge in [-0.25, -0.2) is 0 Å². The Morgan fingerprint density at radius 1 is 1.27 bits per heavy atom. The lowest BCUT2D eigenvalue weighted by atomic mass is 10.0. The molecule has 1 aliphatic rings. The molecular weight excluding hydrogens is 336 g/mol. The summed E-state index contributed by atoms with van der Waals surface area (Å²) in [5, 5.41) is 17.7. The fraction of sp³-hybridized carbons (Fsp3) is 0.500. The van der Waals surface area contributed by atoms with E-state index in [1.807, 2.05) is 13.8 Å². The number of aromatic nitrogens is 2. The second-order valence-corrected chi connectivity index (χ2v) is 6.97. The van der Waals surface area contributed by atoms with Crippen LogP contribution in [-0.4, -0.2) is 21.0 Å². The predicted molar refractivity (Wildman–Crippen MR) is 94.1 cm³/mol. The van der Waals surface area contributed by atoms with Crippen molar-refractivity contribution in [1.82, 2.24) is 15.5 Å². The van der Waals surface area contributed by atoms with Crippen molar-refractivity contribution in [3.63, 3.8) is 0 Å². The van der Waals surface area contributed by atoms with Gasteiger partial charge in [-0.15, -0.1) is 0 Å². The molecule has 1 aromatic heterocycles. The number of nitrogens with zero attached hydrogens (tertiary/aromatic N) is 3. The Bertz CT molecular complexity index is 779. The molecule has 2 aromatic rings. The highest BCUT2D eigenvalue weighted by atomic mass is 16.6. The summed E-state index contributed by atoms with van der Waals surface area (Å²) in [5.74, 6) is 0.880. The van der Waals surface area contributed by atoms with Gasteiger partial charge in [-0.3, -0.25) is 14.9 Å². The summed E-state index contributed by atoms with van der Waals surface area (Å²) in [4.78, 5) is 27.1. The average molecular weight is 358 g/mol. The molecule has 3 rings (SSSR count). The molecule has 1 atom stereocenters. The van der Waals surface area contributed by atoms with Crippen molar-refractivity contribution in [2.75, 3.05) is 0 Å². The van der Waals surface area contributed by atoms with Crippen LogP contribution in [0.2, 0.25) is 0 Å².